The second-order valence-corrected chi connectivity index (χ2v) is 13.5. The fraction of sp³-hybridized carbons (Fsp3) is 0.536. The monoisotopic (exact) mass is 531 g/mol. The van der Waals surface area contributed by atoms with E-state index in [-0.39, 0.29) is 25.7 Å². The van der Waals surface area contributed by atoms with E-state index in [1.807, 2.05) is 35.2 Å². The number of fused-ring (bicyclic) bond motifs is 2. The van der Waals surface area contributed by atoms with Crippen LogP contribution in [0.4, 0.5) is 20.2 Å². The Bertz CT molecular complexity index is 1350. The third-order valence-corrected chi connectivity index (χ3v) is 9.53. The Hall–Kier alpha value is -2.52. The summed E-state index contributed by atoms with van der Waals surface area (Å²) in [6.45, 7) is 1.05. The lowest BCUT2D eigenvalue weighted by molar-refractivity contribution is 0.0115. The van der Waals surface area contributed by atoms with E-state index in [4.69, 9.17) is 0 Å². The molecule has 6 nitrogen and oxygen atoms in total. The van der Waals surface area contributed by atoms with Gasteiger partial charge in [-0.05, 0) is 85.4 Å². The lowest BCUT2D eigenvalue weighted by atomic mass is 9.66. The maximum absolute atomic E-state index is 13.9. The Balaban J connectivity index is 0.00000294. The van der Waals surface area contributed by atoms with Gasteiger partial charge in [0.2, 0.25) is 10.0 Å². The summed E-state index contributed by atoms with van der Waals surface area (Å²) in [5.74, 6) is -2.76. The van der Waals surface area contributed by atoms with E-state index in [2.05, 4.69) is 4.72 Å². The van der Waals surface area contributed by atoms with Crippen molar-refractivity contribution >= 4 is 27.3 Å². The number of hydrogen-bond donors (Lipinski definition) is 1. The topological polar surface area (TPSA) is 69.7 Å². The first-order valence-corrected chi connectivity index (χ1v) is 15.0. The SMILES string of the molecule is CS(=O)(=O)Nc1ccc2c(c1)C1(CCC3(CC3)CC1)CN2C(=O)c1cccc(CN2CCC(F)(F)C2)c1.[HH]. The van der Waals surface area contributed by atoms with E-state index in [9.17, 15) is 22.0 Å². The van der Waals surface area contributed by atoms with E-state index in [1.54, 1.807) is 17.0 Å². The van der Waals surface area contributed by atoms with E-state index < -0.39 is 15.9 Å². The van der Waals surface area contributed by atoms with Crippen molar-refractivity contribution in [1.29, 1.82) is 0 Å². The van der Waals surface area contributed by atoms with E-state index >= 15 is 0 Å². The van der Waals surface area contributed by atoms with Crippen LogP contribution in [0, 0.1) is 5.41 Å². The summed E-state index contributed by atoms with van der Waals surface area (Å²) in [6, 6.07) is 12.8. The third kappa shape index (κ3) is 4.88. The quantitative estimate of drug-likeness (QED) is 0.561. The zero-order valence-electron chi connectivity index (χ0n) is 21.1. The van der Waals surface area contributed by atoms with Gasteiger partial charge in [-0.2, -0.15) is 0 Å². The van der Waals surface area contributed by atoms with Crippen LogP contribution in [0.3, 0.4) is 0 Å². The average molecular weight is 532 g/mol. The van der Waals surface area contributed by atoms with Gasteiger partial charge in [0.1, 0.15) is 0 Å². The Morgan fingerprint density at radius 3 is 2.38 bits per heavy atom. The van der Waals surface area contributed by atoms with Gasteiger partial charge in [-0.1, -0.05) is 12.1 Å². The van der Waals surface area contributed by atoms with Crippen molar-refractivity contribution < 1.29 is 23.4 Å². The predicted molar refractivity (Wildman–Crippen MR) is 142 cm³/mol. The van der Waals surface area contributed by atoms with Crippen molar-refractivity contribution in [3.63, 3.8) is 0 Å². The van der Waals surface area contributed by atoms with Gasteiger partial charge in [-0.3, -0.25) is 14.4 Å². The van der Waals surface area contributed by atoms with Crippen LogP contribution in [0.2, 0.25) is 0 Å². The summed E-state index contributed by atoms with van der Waals surface area (Å²) in [5.41, 5.74) is 4.07. The smallest absolute Gasteiger partial charge is 0.261 e. The summed E-state index contributed by atoms with van der Waals surface area (Å²) >= 11 is 0. The van der Waals surface area contributed by atoms with Crippen LogP contribution < -0.4 is 9.62 Å². The molecule has 37 heavy (non-hydrogen) atoms. The molecule has 1 amide bonds. The number of rotatable bonds is 5. The molecule has 2 aromatic carbocycles. The fourth-order valence-corrected chi connectivity index (χ4v) is 7.20. The summed E-state index contributed by atoms with van der Waals surface area (Å²) in [5, 5.41) is 0. The first kappa shape index (κ1) is 24.8. The van der Waals surface area contributed by atoms with Crippen LogP contribution in [0.5, 0.6) is 0 Å². The van der Waals surface area contributed by atoms with Crippen LogP contribution >= 0.6 is 0 Å². The average Bonchev–Trinajstić information content (AvgIpc) is 3.41. The summed E-state index contributed by atoms with van der Waals surface area (Å²) < 4.78 is 53.7. The normalized spacial score (nSPS) is 23.4. The maximum Gasteiger partial charge on any atom is 0.261 e. The minimum Gasteiger partial charge on any atom is -0.307 e. The molecule has 2 aliphatic heterocycles. The first-order valence-electron chi connectivity index (χ1n) is 13.1. The van der Waals surface area contributed by atoms with Gasteiger partial charge in [0, 0.05) is 49.8 Å². The number of anilines is 2. The number of alkyl halides is 2. The van der Waals surface area contributed by atoms with Crippen LogP contribution in [0.1, 0.15) is 67.9 Å². The number of nitrogens with one attached hydrogen (secondary N) is 1. The number of amides is 1. The van der Waals surface area contributed by atoms with Crippen LogP contribution in [-0.2, 0) is 22.0 Å². The molecule has 0 atom stereocenters. The summed E-state index contributed by atoms with van der Waals surface area (Å²) in [4.78, 5) is 17.4. The molecule has 2 aliphatic carbocycles. The minimum absolute atomic E-state index is 0. The lowest BCUT2D eigenvalue weighted by Gasteiger charge is -2.38. The Morgan fingerprint density at radius 2 is 1.73 bits per heavy atom. The Kier molecular flexibility index (Phi) is 5.69. The molecule has 3 fully saturated rings. The summed E-state index contributed by atoms with van der Waals surface area (Å²) in [7, 11) is -3.42. The summed E-state index contributed by atoms with van der Waals surface area (Å²) in [6.07, 6.45) is 7.80. The second-order valence-electron chi connectivity index (χ2n) is 11.8. The molecule has 1 N–H and O–H groups in total. The zero-order chi connectivity index (χ0) is 26.1. The number of benzene rings is 2. The van der Waals surface area contributed by atoms with Gasteiger partial charge < -0.3 is 4.90 Å². The Morgan fingerprint density at radius 1 is 1.00 bits per heavy atom. The van der Waals surface area contributed by atoms with Crippen molar-refractivity contribution in [3.8, 4) is 0 Å². The standard InChI is InChI=1S/C28H33F2N3O3S.H2/c1-37(35,36)31-22-5-6-24-23(16-22)27(11-9-26(7-8-26)10-12-27)18-33(24)25(34)21-4-2-3-20(15-21)17-32-14-13-28(29,30)19-32;/h2-6,15-16,31H,7-14,17-19H2,1H3;1H. The lowest BCUT2D eigenvalue weighted by Crippen LogP contribution is -2.40. The molecular formula is C28H35F2N3O3S. The number of likely N-dealkylation sites (tertiary alicyclic amines) is 1. The predicted octanol–water partition coefficient (Wildman–Crippen LogP) is 5.40. The third-order valence-electron chi connectivity index (χ3n) is 8.92. The van der Waals surface area contributed by atoms with Crippen LogP contribution in [0.15, 0.2) is 42.5 Å². The maximum atomic E-state index is 13.9. The molecule has 2 aromatic rings. The highest BCUT2D eigenvalue weighted by molar-refractivity contribution is 7.92. The molecule has 0 bridgehead atoms. The highest BCUT2D eigenvalue weighted by Crippen LogP contribution is 2.62. The van der Waals surface area contributed by atoms with E-state index in [0.717, 1.165) is 48.8 Å². The number of carbonyl (C=O) groups excluding carboxylic acids is 1. The minimum atomic E-state index is -3.42. The number of nitrogens with zero attached hydrogens (tertiary/aromatic N) is 2. The van der Waals surface area contributed by atoms with Crippen molar-refractivity contribution in [1.82, 2.24) is 4.90 Å². The van der Waals surface area contributed by atoms with Gasteiger partial charge in [-0.25, -0.2) is 17.2 Å². The molecule has 0 aromatic heterocycles. The van der Waals surface area contributed by atoms with Gasteiger partial charge in [0.15, 0.2) is 0 Å². The number of hydrogen-bond acceptors (Lipinski definition) is 4. The molecule has 2 saturated carbocycles. The van der Waals surface area contributed by atoms with Crippen molar-refractivity contribution in [3.05, 3.63) is 59.2 Å². The molecule has 9 heteroatoms. The molecule has 2 spiro atoms. The van der Waals surface area contributed by atoms with Crippen LogP contribution in [-0.4, -0.2) is 51.0 Å². The fourth-order valence-electron chi connectivity index (χ4n) is 6.65. The molecule has 2 heterocycles. The zero-order valence-corrected chi connectivity index (χ0v) is 21.9. The molecule has 200 valence electrons. The van der Waals surface area contributed by atoms with Gasteiger partial charge in [-0.15, -0.1) is 0 Å². The van der Waals surface area contributed by atoms with Crippen molar-refractivity contribution in [2.24, 2.45) is 5.41 Å². The molecule has 0 unspecified atom stereocenters. The molecule has 6 rings (SSSR count). The van der Waals surface area contributed by atoms with Crippen molar-refractivity contribution in [2.45, 2.75) is 62.8 Å². The van der Waals surface area contributed by atoms with Crippen LogP contribution in [0.25, 0.3) is 0 Å². The highest BCUT2D eigenvalue weighted by Gasteiger charge is 2.53. The Labute approximate surface area is 218 Å². The second kappa shape index (κ2) is 8.50. The highest BCUT2D eigenvalue weighted by atomic mass is 32.2. The molecule has 1 saturated heterocycles. The largest absolute Gasteiger partial charge is 0.307 e. The number of carbonyl (C=O) groups is 1. The first-order chi connectivity index (χ1) is 17.5. The van der Waals surface area contributed by atoms with E-state index in [0.29, 0.717) is 36.3 Å². The molecule has 0 radical (unpaired) electrons. The van der Waals surface area contributed by atoms with E-state index in [1.165, 1.54) is 12.8 Å². The van der Waals surface area contributed by atoms with Crippen molar-refractivity contribution in [2.75, 3.05) is 35.5 Å². The molecule has 4 aliphatic rings. The molecular weight excluding hydrogens is 496 g/mol. The van der Waals surface area contributed by atoms with Gasteiger partial charge in [0.25, 0.3) is 11.8 Å². The van der Waals surface area contributed by atoms with Gasteiger partial charge in [0.05, 0.1) is 12.8 Å². The number of halogens is 2. The number of sulfonamides is 1. The van der Waals surface area contributed by atoms with Gasteiger partial charge >= 0.3 is 0 Å².